The molecule has 1 atom stereocenters. The molecule has 33 heavy (non-hydrogen) atoms. The van der Waals surface area contributed by atoms with Crippen LogP contribution < -0.4 is 0 Å². The van der Waals surface area contributed by atoms with Crippen molar-refractivity contribution in [1.29, 1.82) is 0 Å². The lowest BCUT2D eigenvalue weighted by Gasteiger charge is -2.32. The average molecular weight is 463 g/mol. The van der Waals surface area contributed by atoms with Gasteiger partial charge in [0, 0.05) is 13.1 Å². The van der Waals surface area contributed by atoms with Gasteiger partial charge in [-0.2, -0.15) is 0 Å². The normalized spacial score (nSPS) is 20.3. The minimum Gasteiger partial charge on any atom is -0.377 e. The molecule has 0 unspecified atom stereocenters. The van der Waals surface area contributed by atoms with Crippen molar-refractivity contribution in [2.24, 2.45) is 5.92 Å². The number of benzene rings is 1. The Kier molecular flexibility index (Phi) is 9.80. The number of imide groups is 1. The van der Waals surface area contributed by atoms with Crippen LogP contribution in [0.2, 0.25) is 0 Å². The molecule has 2 aliphatic rings. The predicted octanol–water partition coefficient (Wildman–Crippen LogP) is 1.61. The first-order chi connectivity index (χ1) is 16.0. The fraction of sp³-hybridized carbons (Fsp3) is 0.625. The largest absolute Gasteiger partial charge is 0.377 e. The molecule has 0 aliphatic carbocycles. The van der Waals surface area contributed by atoms with Gasteiger partial charge in [-0.3, -0.25) is 19.3 Å². The first kappa shape index (κ1) is 25.3. The second-order valence-electron chi connectivity index (χ2n) is 8.45. The van der Waals surface area contributed by atoms with E-state index in [9.17, 15) is 14.4 Å². The van der Waals surface area contributed by atoms with Crippen LogP contribution in [-0.2, 0) is 23.7 Å². The number of amides is 3. The summed E-state index contributed by atoms with van der Waals surface area (Å²) < 4.78 is 22.1. The molecular formula is C24H34N2O7. The van der Waals surface area contributed by atoms with Gasteiger partial charge >= 0.3 is 0 Å². The highest BCUT2D eigenvalue weighted by Gasteiger charge is 2.43. The van der Waals surface area contributed by atoms with E-state index in [1.54, 1.807) is 29.2 Å². The van der Waals surface area contributed by atoms with Gasteiger partial charge in [-0.05, 0) is 24.5 Å². The zero-order valence-corrected chi connectivity index (χ0v) is 19.5. The van der Waals surface area contributed by atoms with Crippen molar-refractivity contribution in [2.45, 2.75) is 26.3 Å². The quantitative estimate of drug-likeness (QED) is 0.628. The average Bonchev–Trinajstić information content (AvgIpc) is 3.04. The van der Waals surface area contributed by atoms with E-state index in [-0.39, 0.29) is 11.8 Å². The molecule has 3 rings (SSSR count). The van der Waals surface area contributed by atoms with E-state index >= 15 is 0 Å². The summed E-state index contributed by atoms with van der Waals surface area (Å²) >= 11 is 0. The molecule has 0 N–H and O–H groups in total. The van der Waals surface area contributed by atoms with Crippen LogP contribution in [0.5, 0.6) is 0 Å². The molecule has 182 valence electrons. The third kappa shape index (κ3) is 6.83. The van der Waals surface area contributed by atoms with Crippen molar-refractivity contribution in [1.82, 2.24) is 9.80 Å². The molecular weight excluding hydrogens is 428 g/mol. The number of ether oxygens (including phenoxy) is 4. The van der Waals surface area contributed by atoms with E-state index in [1.807, 2.05) is 13.8 Å². The number of carbonyl (C=O) groups is 3. The van der Waals surface area contributed by atoms with Gasteiger partial charge in [0.2, 0.25) is 5.91 Å². The maximum Gasteiger partial charge on any atom is 0.262 e. The molecule has 0 spiro atoms. The maximum absolute atomic E-state index is 13.7. The van der Waals surface area contributed by atoms with E-state index < -0.39 is 17.9 Å². The van der Waals surface area contributed by atoms with E-state index in [0.29, 0.717) is 83.5 Å². The van der Waals surface area contributed by atoms with Gasteiger partial charge in [0.05, 0.1) is 64.0 Å². The van der Waals surface area contributed by atoms with Crippen molar-refractivity contribution in [3.05, 3.63) is 35.4 Å². The lowest BCUT2D eigenvalue weighted by Crippen LogP contribution is -2.52. The first-order valence-electron chi connectivity index (χ1n) is 11.6. The molecule has 0 radical (unpaired) electrons. The molecule has 2 aliphatic heterocycles. The van der Waals surface area contributed by atoms with Gasteiger partial charge in [0.25, 0.3) is 11.8 Å². The zero-order chi connectivity index (χ0) is 23.6. The number of fused-ring (bicyclic) bond motifs is 1. The zero-order valence-electron chi connectivity index (χ0n) is 19.5. The monoisotopic (exact) mass is 462 g/mol. The molecule has 9 heteroatoms. The number of nitrogens with zero attached hydrogens (tertiary/aromatic N) is 2. The van der Waals surface area contributed by atoms with Gasteiger partial charge in [0.1, 0.15) is 6.04 Å². The fourth-order valence-electron chi connectivity index (χ4n) is 3.91. The first-order valence-corrected chi connectivity index (χ1v) is 11.6. The van der Waals surface area contributed by atoms with Gasteiger partial charge < -0.3 is 23.8 Å². The molecule has 1 saturated heterocycles. The molecule has 0 aromatic heterocycles. The second-order valence-corrected chi connectivity index (χ2v) is 8.45. The highest BCUT2D eigenvalue weighted by molar-refractivity contribution is 6.22. The van der Waals surface area contributed by atoms with Gasteiger partial charge in [-0.15, -0.1) is 0 Å². The molecule has 1 aromatic rings. The Hall–Kier alpha value is -2.33. The molecule has 2 heterocycles. The summed E-state index contributed by atoms with van der Waals surface area (Å²) in [4.78, 5) is 42.6. The van der Waals surface area contributed by atoms with Gasteiger partial charge in [0.15, 0.2) is 0 Å². The van der Waals surface area contributed by atoms with Crippen molar-refractivity contribution >= 4 is 17.7 Å². The van der Waals surface area contributed by atoms with Crippen LogP contribution in [0.15, 0.2) is 24.3 Å². The van der Waals surface area contributed by atoms with E-state index in [1.165, 1.54) is 0 Å². The summed E-state index contributed by atoms with van der Waals surface area (Å²) in [6.45, 7) is 7.93. The summed E-state index contributed by atoms with van der Waals surface area (Å²) in [5.74, 6) is -1.01. The number of hydrogen-bond donors (Lipinski definition) is 0. The Morgan fingerprint density at radius 1 is 0.788 bits per heavy atom. The van der Waals surface area contributed by atoms with Crippen LogP contribution in [0.25, 0.3) is 0 Å². The van der Waals surface area contributed by atoms with Gasteiger partial charge in [-0.1, -0.05) is 26.0 Å². The third-order valence-corrected chi connectivity index (χ3v) is 5.56. The van der Waals surface area contributed by atoms with Crippen molar-refractivity contribution < 1.29 is 33.3 Å². The van der Waals surface area contributed by atoms with Crippen molar-refractivity contribution in [3.63, 3.8) is 0 Å². The van der Waals surface area contributed by atoms with Crippen LogP contribution >= 0.6 is 0 Å². The van der Waals surface area contributed by atoms with E-state index in [2.05, 4.69) is 0 Å². The Balaban J connectivity index is 1.75. The van der Waals surface area contributed by atoms with Crippen molar-refractivity contribution in [3.8, 4) is 0 Å². The minimum absolute atomic E-state index is 0.105. The lowest BCUT2D eigenvalue weighted by atomic mass is 10.0. The standard InChI is InChI=1S/C24H34N2O7/c1-18(2)17-21(26-22(27)19-5-3-4-6-20(19)23(26)28)24(29)25-7-9-30-11-13-32-15-16-33-14-12-31-10-8-25/h3-6,18,21H,7-17H2,1-2H3/t21-/m1/s1. The Morgan fingerprint density at radius 3 is 1.64 bits per heavy atom. The van der Waals surface area contributed by atoms with Gasteiger partial charge in [-0.25, -0.2) is 0 Å². The predicted molar refractivity (Wildman–Crippen MR) is 120 cm³/mol. The molecule has 0 bridgehead atoms. The second kappa shape index (κ2) is 12.8. The van der Waals surface area contributed by atoms with E-state index in [4.69, 9.17) is 18.9 Å². The van der Waals surface area contributed by atoms with E-state index in [0.717, 1.165) is 4.90 Å². The smallest absolute Gasteiger partial charge is 0.262 e. The van der Waals surface area contributed by atoms with Crippen LogP contribution in [0.1, 0.15) is 41.0 Å². The summed E-state index contributed by atoms with van der Waals surface area (Å²) in [6.07, 6.45) is 0.379. The summed E-state index contributed by atoms with van der Waals surface area (Å²) in [6, 6.07) is 5.81. The summed E-state index contributed by atoms with van der Waals surface area (Å²) in [5, 5.41) is 0. The van der Waals surface area contributed by atoms with Crippen LogP contribution in [0.4, 0.5) is 0 Å². The summed E-state index contributed by atoms with van der Waals surface area (Å²) in [7, 11) is 0. The number of hydrogen-bond acceptors (Lipinski definition) is 7. The molecule has 3 amide bonds. The number of rotatable bonds is 4. The molecule has 9 nitrogen and oxygen atoms in total. The Labute approximate surface area is 194 Å². The molecule has 0 saturated carbocycles. The van der Waals surface area contributed by atoms with Crippen LogP contribution in [-0.4, -0.2) is 99.5 Å². The maximum atomic E-state index is 13.7. The van der Waals surface area contributed by atoms with Crippen LogP contribution in [0.3, 0.4) is 0 Å². The summed E-state index contributed by atoms with van der Waals surface area (Å²) in [5.41, 5.74) is 0.681. The Morgan fingerprint density at radius 2 is 1.21 bits per heavy atom. The lowest BCUT2D eigenvalue weighted by molar-refractivity contribution is -0.137. The Bertz CT molecular complexity index is 763. The fourth-order valence-corrected chi connectivity index (χ4v) is 3.91. The molecule has 1 aromatic carbocycles. The third-order valence-electron chi connectivity index (χ3n) is 5.56. The highest BCUT2D eigenvalue weighted by Crippen LogP contribution is 2.27. The SMILES string of the molecule is CC(C)C[C@H](C(=O)N1CCOCCOCCOCCOCC1)N1C(=O)c2ccccc2C1=O. The van der Waals surface area contributed by atoms with Crippen molar-refractivity contribution in [2.75, 3.05) is 65.9 Å². The highest BCUT2D eigenvalue weighted by atomic mass is 16.6. The topological polar surface area (TPSA) is 94.6 Å². The number of carbonyl (C=O) groups excluding carboxylic acids is 3. The van der Waals surface area contributed by atoms with Crippen LogP contribution in [0, 0.1) is 5.92 Å². The minimum atomic E-state index is -0.883. The molecule has 1 fully saturated rings.